The molecular weight excluding hydrogens is 557 g/mol. The summed E-state index contributed by atoms with van der Waals surface area (Å²) in [6, 6.07) is 9.40. The number of halogens is 2. The molecule has 1 atom stereocenters. The summed E-state index contributed by atoms with van der Waals surface area (Å²) in [4.78, 5) is 25.2. The van der Waals surface area contributed by atoms with Gasteiger partial charge in [0.1, 0.15) is 6.04 Å². The van der Waals surface area contributed by atoms with E-state index in [0.717, 1.165) is 9.13 Å². The van der Waals surface area contributed by atoms with E-state index in [1.807, 2.05) is 40.7 Å². The number of benzene rings is 2. The standard InChI is InChI=1S/C24H29ClIN3O4/c1-6-32-20-12-16(11-19(26)22(20)33-15(4)5)13-27-29-24(31)21(14(2)3)28-23(30)17-7-9-18(25)10-8-17/h7-15,21H,6H2,1-5H3,(H,28,30)(H,29,31)/b27-13+. The molecule has 178 valence electrons. The molecule has 2 aromatic rings. The first-order valence-electron chi connectivity index (χ1n) is 10.6. The first kappa shape index (κ1) is 26.9. The molecule has 2 aromatic carbocycles. The second kappa shape index (κ2) is 12.8. The van der Waals surface area contributed by atoms with Crippen LogP contribution in [0.5, 0.6) is 11.5 Å². The summed E-state index contributed by atoms with van der Waals surface area (Å²) in [6.45, 7) is 9.99. The van der Waals surface area contributed by atoms with Crippen LogP contribution in [0.15, 0.2) is 41.5 Å². The summed E-state index contributed by atoms with van der Waals surface area (Å²) in [7, 11) is 0. The van der Waals surface area contributed by atoms with E-state index in [-0.39, 0.29) is 17.9 Å². The fourth-order valence-corrected chi connectivity index (χ4v) is 3.75. The Bertz CT molecular complexity index is 994. The Hall–Kier alpha value is -2.33. The third-order valence-corrected chi connectivity index (χ3v) is 5.47. The molecule has 2 amide bonds. The van der Waals surface area contributed by atoms with E-state index in [1.165, 1.54) is 6.21 Å². The predicted octanol–water partition coefficient (Wildman–Crippen LogP) is 5.04. The minimum atomic E-state index is -0.758. The molecule has 7 nitrogen and oxygen atoms in total. The summed E-state index contributed by atoms with van der Waals surface area (Å²) in [5.41, 5.74) is 3.68. The van der Waals surface area contributed by atoms with Crippen LogP contribution in [0.4, 0.5) is 0 Å². The summed E-state index contributed by atoms with van der Waals surface area (Å²) in [5.74, 6) is 0.373. The minimum absolute atomic E-state index is 0.00702. The van der Waals surface area contributed by atoms with Gasteiger partial charge < -0.3 is 14.8 Å². The first-order valence-corrected chi connectivity index (χ1v) is 12.1. The van der Waals surface area contributed by atoms with Gasteiger partial charge in [-0.25, -0.2) is 5.43 Å². The molecule has 0 fully saturated rings. The Balaban J connectivity index is 2.11. The second-order valence-electron chi connectivity index (χ2n) is 7.87. The third kappa shape index (κ3) is 8.19. The highest BCUT2D eigenvalue weighted by Crippen LogP contribution is 2.34. The van der Waals surface area contributed by atoms with Crippen LogP contribution in [-0.4, -0.2) is 36.8 Å². The fourth-order valence-electron chi connectivity index (χ4n) is 2.88. The molecule has 9 heteroatoms. The smallest absolute Gasteiger partial charge is 0.262 e. The molecule has 0 saturated carbocycles. The zero-order valence-corrected chi connectivity index (χ0v) is 22.2. The molecule has 2 rings (SSSR count). The quantitative estimate of drug-likeness (QED) is 0.232. The molecule has 0 radical (unpaired) electrons. The van der Waals surface area contributed by atoms with Gasteiger partial charge in [-0.05, 0) is 91.2 Å². The largest absolute Gasteiger partial charge is 0.490 e. The monoisotopic (exact) mass is 585 g/mol. The Morgan fingerprint density at radius 2 is 1.82 bits per heavy atom. The molecule has 2 N–H and O–H groups in total. The number of carbonyl (C=O) groups excluding carboxylic acids is 2. The number of nitrogens with zero attached hydrogens (tertiary/aromatic N) is 1. The van der Waals surface area contributed by atoms with Crippen molar-refractivity contribution < 1.29 is 19.1 Å². The number of ether oxygens (including phenoxy) is 2. The highest BCUT2D eigenvalue weighted by molar-refractivity contribution is 14.1. The predicted molar refractivity (Wildman–Crippen MR) is 139 cm³/mol. The van der Waals surface area contributed by atoms with Crippen molar-refractivity contribution in [1.29, 1.82) is 0 Å². The average Bonchev–Trinajstić information content (AvgIpc) is 2.74. The maximum Gasteiger partial charge on any atom is 0.262 e. The number of hydrogen-bond donors (Lipinski definition) is 2. The summed E-state index contributed by atoms with van der Waals surface area (Å²) >= 11 is 8.05. The second-order valence-corrected chi connectivity index (χ2v) is 9.46. The van der Waals surface area contributed by atoms with Gasteiger partial charge in [0.15, 0.2) is 11.5 Å². The van der Waals surface area contributed by atoms with E-state index >= 15 is 0 Å². The van der Waals surface area contributed by atoms with Crippen LogP contribution in [0.1, 0.15) is 50.5 Å². The van der Waals surface area contributed by atoms with Crippen molar-refractivity contribution in [3.8, 4) is 11.5 Å². The van der Waals surface area contributed by atoms with Crippen LogP contribution in [0.25, 0.3) is 0 Å². The Morgan fingerprint density at radius 3 is 2.39 bits per heavy atom. The van der Waals surface area contributed by atoms with Crippen molar-refractivity contribution in [3.63, 3.8) is 0 Å². The molecule has 1 unspecified atom stereocenters. The maximum atomic E-state index is 12.7. The lowest BCUT2D eigenvalue weighted by atomic mass is 10.0. The molecular formula is C24H29ClIN3O4. The van der Waals surface area contributed by atoms with Gasteiger partial charge in [0.25, 0.3) is 11.8 Å². The van der Waals surface area contributed by atoms with Gasteiger partial charge in [-0.1, -0.05) is 25.4 Å². The van der Waals surface area contributed by atoms with Crippen LogP contribution in [0, 0.1) is 9.49 Å². The van der Waals surface area contributed by atoms with Gasteiger partial charge in [-0.2, -0.15) is 5.10 Å². The molecule has 0 spiro atoms. The maximum absolute atomic E-state index is 12.7. The number of hydrogen-bond acceptors (Lipinski definition) is 5. The van der Waals surface area contributed by atoms with Crippen molar-refractivity contribution in [3.05, 3.63) is 56.1 Å². The number of amides is 2. The number of rotatable bonds is 10. The van der Waals surface area contributed by atoms with Gasteiger partial charge in [0.2, 0.25) is 0 Å². The minimum Gasteiger partial charge on any atom is -0.490 e. The highest BCUT2D eigenvalue weighted by Gasteiger charge is 2.24. The Morgan fingerprint density at radius 1 is 1.15 bits per heavy atom. The normalized spacial score (nSPS) is 12.2. The number of hydrazone groups is 1. The Kier molecular flexibility index (Phi) is 10.4. The van der Waals surface area contributed by atoms with Gasteiger partial charge in [0, 0.05) is 10.6 Å². The summed E-state index contributed by atoms with van der Waals surface area (Å²) in [6.07, 6.45) is 1.53. The molecule has 0 saturated heterocycles. The van der Waals surface area contributed by atoms with Crippen molar-refractivity contribution in [2.45, 2.75) is 46.8 Å². The molecule has 0 aromatic heterocycles. The SMILES string of the molecule is CCOc1cc(/C=N/NC(=O)C(NC(=O)c2ccc(Cl)cc2)C(C)C)cc(I)c1OC(C)C. The molecule has 0 aliphatic carbocycles. The molecule has 0 aliphatic heterocycles. The zero-order chi connectivity index (χ0) is 24.5. The van der Waals surface area contributed by atoms with E-state index < -0.39 is 11.9 Å². The lowest BCUT2D eigenvalue weighted by Gasteiger charge is -2.20. The van der Waals surface area contributed by atoms with E-state index in [1.54, 1.807) is 30.3 Å². The van der Waals surface area contributed by atoms with E-state index in [4.69, 9.17) is 21.1 Å². The van der Waals surface area contributed by atoms with Crippen LogP contribution in [0.2, 0.25) is 5.02 Å². The molecule has 0 heterocycles. The highest BCUT2D eigenvalue weighted by atomic mass is 127. The van der Waals surface area contributed by atoms with Gasteiger partial charge in [-0.15, -0.1) is 0 Å². The molecule has 33 heavy (non-hydrogen) atoms. The molecule has 0 aliphatic rings. The summed E-state index contributed by atoms with van der Waals surface area (Å²) < 4.78 is 12.5. The van der Waals surface area contributed by atoms with Crippen LogP contribution < -0.4 is 20.2 Å². The van der Waals surface area contributed by atoms with Gasteiger partial charge >= 0.3 is 0 Å². The van der Waals surface area contributed by atoms with Crippen molar-refractivity contribution >= 4 is 52.2 Å². The fraction of sp³-hybridized carbons (Fsp3) is 0.375. The number of carbonyl (C=O) groups is 2. The topological polar surface area (TPSA) is 89.0 Å². The van der Waals surface area contributed by atoms with Gasteiger partial charge in [-0.3, -0.25) is 9.59 Å². The lowest BCUT2D eigenvalue weighted by Crippen LogP contribution is -2.48. The molecule has 0 bridgehead atoms. The van der Waals surface area contributed by atoms with Crippen LogP contribution in [-0.2, 0) is 4.79 Å². The third-order valence-electron chi connectivity index (χ3n) is 4.42. The van der Waals surface area contributed by atoms with E-state index in [0.29, 0.717) is 28.7 Å². The number of nitrogens with one attached hydrogen (secondary N) is 2. The zero-order valence-electron chi connectivity index (χ0n) is 19.3. The van der Waals surface area contributed by atoms with Gasteiger partial charge in [0.05, 0.1) is 22.5 Å². The lowest BCUT2D eigenvalue weighted by molar-refractivity contribution is -0.123. The first-order chi connectivity index (χ1) is 15.6. The van der Waals surface area contributed by atoms with E-state index in [9.17, 15) is 9.59 Å². The average molecular weight is 586 g/mol. The Labute approximate surface area is 213 Å². The van der Waals surface area contributed by atoms with Crippen LogP contribution in [0.3, 0.4) is 0 Å². The van der Waals surface area contributed by atoms with Crippen LogP contribution >= 0.6 is 34.2 Å². The van der Waals surface area contributed by atoms with Crippen molar-refractivity contribution in [1.82, 2.24) is 10.7 Å². The summed E-state index contributed by atoms with van der Waals surface area (Å²) in [5, 5.41) is 7.36. The van der Waals surface area contributed by atoms with E-state index in [2.05, 4.69) is 38.4 Å². The van der Waals surface area contributed by atoms with Crippen molar-refractivity contribution in [2.75, 3.05) is 6.61 Å². The van der Waals surface area contributed by atoms with Crippen molar-refractivity contribution in [2.24, 2.45) is 11.0 Å².